The molecule has 2 heterocycles. The number of aromatic hydroxyl groups is 2. The van der Waals surface area contributed by atoms with Crippen molar-refractivity contribution < 1.29 is 20.1 Å². The van der Waals surface area contributed by atoms with E-state index in [-0.39, 0.29) is 42.0 Å². The zero-order chi connectivity index (χ0) is 20.7. The quantitative estimate of drug-likeness (QED) is 0.510. The molecule has 29 heavy (non-hydrogen) atoms. The van der Waals surface area contributed by atoms with Crippen molar-refractivity contribution >= 4 is 17.5 Å². The topological polar surface area (TPSA) is 105 Å². The number of aliphatic hydroxyl groups is 1. The van der Waals surface area contributed by atoms with Gasteiger partial charge in [0.25, 0.3) is 0 Å². The molecule has 0 aromatic heterocycles. The maximum absolute atomic E-state index is 13.1. The van der Waals surface area contributed by atoms with E-state index >= 15 is 0 Å². The van der Waals surface area contributed by atoms with Crippen LogP contribution in [0.25, 0.3) is 0 Å². The third-order valence-corrected chi connectivity index (χ3v) is 6.23. The fourth-order valence-corrected chi connectivity index (χ4v) is 4.67. The molecule has 154 valence electrons. The number of nitrogens with zero attached hydrogens (tertiary/aromatic N) is 1. The second kappa shape index (κ2) is 7.84. The number of rotatable bonds is 5. The number of carbonyl (C=O) groups is 1. The number of fused-ring (bicyclic) bond motifs is 1. The Morgan fingerprint density at radius 3 is 2.62 bits per heavy atom. The van der Waals surface area contributed by atoms with E-state index in [1.807, 2.05) is 13.0 Å². The van der Waals surface area contributed by atoms with E-state index < -0.39 is 6.04 Å². The standard InChI is InChI=1S/C21H24ClN3O4/c1-11-8-16(28)14(10-15(11)22)18-17-19(24-23-18)21(29)25(6-3-7-26)20(17)12-4-2-5-13(27)9-12/h2,4-5,8-10,17-20,23-24,26-28H,3,6-7H2,1H3. The first-order chi connectivity index (χ1) is 13.9. The Hall–Kier alpha value is -2.32. The number of carbonyl (C=O) groups excluding carboxylic acids is 1. The summed E-state index contributed by atoms with van der Waals surface area (Å²) < 4.78 is 0. The molecule has 7 nitrogen and oxygen atoms in total. The second-order valence-corrected chi connectivity index (χ2v) is 8.04. The van der Waals surface area contributed by atoms with Crippen LogP contribution in [0.2, 0.25) is 5.02 Å². The van der Waals surface area contributed by atoms with Gasteiger partial charge in [-0.3, -0.25) is 4.79 Å². The first kappa shape index (κ1) is 20.0. The lowest BCUT2D eigenvalue weighted by Crippen LogP contribution is -2.41. The highest BCUT2D eigenvalue weighted by Gasteiger charge is 2.55. The maximum atomic E-state index is 13.1. The molecule has 4 unspecified atom stereocenters. The maximum Gasteiger partial charge on any atom is 0.242 e. The minimum atomic E-state index is -0.495. The first-order valence-corrected chi connectivity index (χ1v) is 10.0. The molecule has 4 rings (SSSR count). The normalized spacial score (nSPS) is 26.2. The third kappa shape index (κ3) is 3.44. The van der Waals surface area contributed by atoms with Crippen LogP contribution < -0.4 is 10.9 Å². The Morgan fingerprint density at radius 2 is 1.90 bits per heavy atom. The molecule has 2 aromatic rings. The van der Waals surface area contributed by atoms with E-state index in [0.717, 1.165) is 11.1 Å². The van der Waals surface area contributed by atoms with E-state index in [2.05, 4.69) is 10.9 Å². The number of halogens is 1. The highest BCUT2D eigenvalue weighted by atomic mass is 35.5. The highest BCUT2D eigenvalue weighted by molar-refractivity contribution is 6.31. The van der Waals surface area contributed by atoms with Crippen molar-refractivity contribution in [2.24, 2.45) is 5.92 Å². The van der Waals surface area contributed by atoms with Gasteiger partial charge >= 0.3 is 0 Å². The van der Waals surface area contributed by atoms with E-state index in [4.69, 9.17) is 11.6 Å². The number of hydrazine groups is 1. The molecule has 2 aliphatic heterocycles. The summed E-state index contributed by atoms with van der Waals surface area (Å²) in [6, 6.07) is 9.02. The highest BCUT2D eigenvalue weighted by Crippen LogP contribution is 2.49. The summed E-state index contributed by atoms with van der Waals surface area (Å²) in [4.78, 5) is 14.9. The van der Waals surface area contributed by atoms with Crippen LogP contribution in [-0.4, -0.2) is 45.3 Å². The molecular formula is C21H24ClN3O4. The van der Waals surface area contributed by atoms with Crippen LogP contribution in [0.5, 0.6) is 11.5 Å². The molecule has 2 saturated heterocycles. The lowest BCUT2D eigenvalue weighted by Gasteiger charge is -2.31. The number of hydrogen-bond donors (Lipinski definition) is 5. The van der Waals surface area contributed by atoms with Crippen LogP contribution in [-0.2, 0) is 4.79 Å². The molecule has 0 spiro atoms. The largest absolute Gasteiger partial charge is 0.508 e. The molecule has 1 amide bonds. The molecule has 0 bridgehead atoms. The van der Waals surface area contributed by atoms with Gasteiger partial charge in [-0.05, 0) is 48.7 Å². The van der Waals surface area contributed by atoms with Gasteiger partial charge in [-0.2, -0.15) is 0 Å². The van der Waals surface area contributed by atoms with Crippen molar-refractivity contribution in [1.82, 2.24) is 15.8 Å². The zero-order valence-corrected chi connectivity index (χ0v) is 16.7. The van der Waals surface area contributed by atoms with Crippen molar-refractivity contribution in [3.8, 4) is 11.5 Å². The van der Waals surface area contributed by atoms with Gasteiger partial charge in [0.2, 0.25) is 5.91 Å². The molecule has 0 radical (unpaired) electrons. The summed E-state index contributed by atoms with van der Waals surface area (Å²) in [5.74, 6) is -0.0860. The van der Waals surface area contributed by atoms with Crippen molar-refractivity contribution in [2.45, 2.75) is 31.5 Å². The van der Waals surface area contributed by atoms with E-state index in [9.17, 15) is 20.1 Å². The monoisotopic (exact) mass is 417 g/mol. The van der Waals surface area contributed by atoms with Crippen molar-refractivity contribution in [2.75, 3.05) is 13.2 Å². The minimum absolute atomic E-state index is 0.0185. The summed E-state index contributed by atoms with van der Waals surface area (Å²) in [5, 5.41) is 30.4. The molecule has 2 aliphatic rings. The summed E-state index contributed by atoms with van der Waals surface area (Å²) in [5.41, 5.74) is 8.42. The fraction of sp³-hybridized carbons (Fsp3) is 0.381. The fourth-order valence-electron chi connectivity index (χ4n) is 4.50. The van der Waals surface area contributed by atoms with Crippen molar-refractivity contribution in [1.29, 1.82) is 0 Å². The Morgan fingerprint density at radius 1 is 1.14 bits per heavy atom. The summed E-state index contributed by atoms with van der Waals surface area (Å²) in [6.45, 7) is 2.20. The van der Waals surface area contributed by atoms with E-state index in [1.54, 1.807) is 35.2 Å². The summed E-state index contributed by atoms with van der Waals surface area (Å²) >= 11 is 6.31. The van der Waals surface area contributed by atoms with Crippen LogP contribution in [0.15, 0.2) is 36.4 Å². The number of benzene rings is 2. The molecular weight excluding hydrogens is 394 g/mol. The van der Waals surface area contributed by atoms with E-state index in [1.165, 1.54) is 0 Å². The number of amides is 1. The number of phenolic OH excluding ortho intramolecular Hbond substituents is 2. The Balaban J connectivity index is 1.79. The van der Waals surface area contributed by atoms with Gasteiger partial charge in [0.05, 0.1) is 12.1 Å². The number of aryl methyl sites for hydroxylation is 1. The SMILES string of the molecule is Cc1cc(O)c(C2NNC3C(=O)N(CCCO)C(c4cccc(O)c4)C32)cc1Cl. The van der Waals surface area contributed by atoms with Gasteiger partial charge in [-0.1, -0.05) is 23.7 Å². The minimum Gasteiger partial charge on any atom is -0.508 e. The van der Waals surface area contributed by atoms with Crippen molar-refractivity contribution in [3.63, 3.8) is 0 Å². The first-order valence-electron chi connectivity index (χ1n) is 9.62. The van der Waals surface area contributed by atoms with Crippen molar-refractivity contribution in [3.05, 3.63) is 58.1 Å². The van der Waals surface area contributed by atoms with E-state index in [0.29, 0.717) is 23.6 Å². The number of likely N-dealkylation sites (tertiary alicyclic amines) is 1. The van der Waals surface area contributed by atoms with Crippen LogP contribution in [0.4, 0.5) is 0 Å². The molecule has 4 atom stereocenters. The predicted molar refractivity (Wildman–Crippen MR) is 108 cm³/mol. The molecule has 0 aliphatic carbocycles. The molecule has 8 heteroatoms. The lowest BCUT2D eigenvalue weighted by molar-refractivity contribution is -0.130. The average Bonchev–Trinajstić information content (AvgIpc) is 3.22. The molecule has 5 N–H and O–H groups in total. The number of hydrogen-bond acceptors (Lipinski definition) is 6. The number of phenols is 2. The Labute approximate surface area is 173 Å². The Kier molecular flexibility index (Phi) is 5.40. The van der Waals surface area contributed by atoms with Gasteiger partial charge in [0, 0.05) is 29.7 Å². The van der Waals surface area contributed by atoms with Crippen LogP contribution in [0, 0.1) is 12.8 Å². The third-order valence-electron chi connectivity index (χ3n) is 5.83. The van der Waals surface area contributed by atoms with Gasteiger partial charge in [-0.25, -0.2) is 10.9 Å². The second-order valence-electron chi connectivity index (χ2n) is 7.63. The van der Waals surface area contributed by atoms with Gasteiger partial charge in [0.1, 0.15) is 17.5 Å². The predicted octanol–water partition coefficient (Wildman–Crippen LogP) is 2.16. The average molecular weight is 418 g/mol. The summed E-state index contributed by atoms with van der Waals surface area (Å²) in [6.07, 6.45) is 0.459. The van der Waals surface area contributed by atoms with Crippen LogP contribution in [0.3, 0.4) is 0 Å². The van der Waals surface area contributed by atoms with Gasteiger partial charge < -0.3 is 20.2 Å². The molecule has 2 fully saturated rings. The molecule has 2 aromatic carbocycles. The molecule has 0 saturated carbocycles. The van der Waals surface area contributed by atoms with Crippen LogP contribution in [0.1, 0.15) is 35.2 Å². The van der Waals surface area contributed by atoms with Crippen LogP contribution >= 0.6 is 11.6 Å². The lowest BCUT2D eigenvalue weighted by atomic mass is 9.83. The number of nitrogens with one attached hydrogen (secondary N) is 2. The number of aliphatic hydroxyl groups excluding tert-OH is 1. The Bertz CT molecular complexity index is 938. The smallest absolute Gasteiger partial charge is 0.242 e. The van der Waals surface area contributed by atoms with Gasteiger partial charge in [-0.15, -0.1) is 0 Å². The summed E-state index contributed by atoms with van der Waals surface area (Å²) in [7, 11) is 0. The van der Waals surface area contributed by atoms with Gasteiger partial charge in [0.15, 0.2) is 0 Å². The zero-order valence-electron chi connectivity index (χ0n) is 16.0.